The van der Waals surface area contributed by atoms with Crippen molar-refractivity contribution in [2.24, 2.45) is 10.8 Å². The summed E-state index contributed by atoms with van der Waals surface area (Å²) >= 11 is 0. The van der Waals surface area contributed by atoms with Gasteiger partial charge < -0.3 is 28.4 Å². The molecule has 0 aliphatic carbocycles. The molecule has 0 aromatic heterocycles. The van der Waals surface area contributed by atoms with Crippen molar-refractivity contribution in [1.29, 1.82) is 0 Å². The number of ether oxygens (including phenoxy) is 6. The highest BCUT2D eigenvalue weighted by molar-refractivity contribution is 5.89. The van der Waals surface area contributed by atoms with Crippen molar-refractivity contribution in [1.82, 2.24) is 0 Å². The lowest BCUT2D eigenvalue weighted by molar-refractivity contribution is -0.165. The van der Waals surface area contributed by atoms with Crippen molar-refractivity contribution in [2.75, 3.05) is 39.6 Å². The van der Waals surface area contributed by atoms with Crippen LogP contribution in [0.4, 0.5) is 0 Å². The molecule has 0 heterocycles. The van der Waals surface area contributed by atoms with E-state index in [1.807, 2.05) is 13.8 Å². The summed E-state index contributed by atoms with van der Waals surface area (Å²) < 4.78 is 30.7. The molecule has 256 valence electrons. The smallest absolute Gasteiger partial charge is 0.333 e. The molecule has 0 unspecified atom stereocenters. The van der Waals surface area contributed by atoms with Crippen molar-refractivity contribution in [3.8, 4) is 0 Å². The summed E-state index contributed by atoms with van der Waals surface area (Å²) in [4.78, 5) is 69.7. The zero-order valence-electron chi connectivity index (χ0n) is 28.4. The second kappa shape index (κ2) is 20.3. The summed E-state index contributed by atoms with van der Waals surface area (Å²) in [6.07, 6.45) is 0. The van der Waals surface area contributed by atoms with Gasteiger partial charge in [0.05, 0.1) is 13.2 Å². The molecule has 0 aromatic rings. The molecule has 0 bridgehead atoms. The zero-order chi connectivity index (χ0) is 36.4. The Hall–Kier alpha value is -4.74. The van der Waals surface area contributed by atoms with Gasteiger partial charge in [-0.2, -0.15) is 0 Å². The molecular formula is C34H48O12. The summed E-state index contributed by atoms with van der Waals surface area (Å²) in [5, 5.41) is 0. The molecule has 0 saturated heterocycles. The first kappa shape index (κ1) is 43.4. The van der Waals surface area contributed by atoms with Crippen molar-refractivity contribution in [2.45, 2.75) is 55.4 Å². The Morgan fingerprint density at radius 3 is 0.674 bits per heavy atom. The van der Waals surface area contributed by atoms with Gasteiger partial charge in [0.15, 0.2) is 0 Å². The van der Waals surface area contributed by atoms with Crippen LogP contribution in [0, 0.1) is 10.8 Å². The Morgan fingerprint density at radius 1 is 0.370 bits per heavy atom. The lowest BCUT2D eigenvalue weighted by Gasteiger charge is -2.31. The maximum absolute atomic E-state index is 11.8. The van der Waals surface area contributed by atoms with Gasteiger partial charge in [0.1, 0.15) is 31.8 Å². The van der Waals surface area contributed by atoms with Crippen LogP contribution in [-0.2, 0) is 57.2 Å². The maximum Gasteiger partial charge on any atom is 0.333 e. The molecular weight excluding hydrogens is 600 g/mol. The van der Waals surface area contributed by atoms with E-state index in [1.54, 1.807) is 13.8 Å². The lowest BCUT2D eigenvalue weighted by Crippen LogP contribution is -2.44. The molecule has 0 aliphatic heterocycles. The normalized spacial score (nSPS) is 10.4. The molecule has 0 amide bonds. The Balaban J connectivity index is 0. The van der Waals surface area contributed by atoms with E-state index in [2.05, 4.69) is 39.5 Å². The van der Waals surface area contributed by atoms with Crippen molar-refractivity contribution < 1.29 is 57.2 Å². The molecule has 0 spiro atoms. The SMILES string of the molecule is C=C(C)C(=O)OCC(C)(C)COC(=O)C(=C)C.C=C(C)C(=O)OCC(COC(=O)C(=C)C)(COC(=O)C(=C)C)COC(=O)C(=C)C. The van der Waals surface area contributed by atoms with E-state index >= 15 is 0 Å². The molecule has 12 heteroatoms. The van der Waals surface area contributed by atoms with Crippen LogP contribution in [0.2, 0.25) is 0 Å². The zero-order valence-corrected chi connectivity index (χ0v) is 28.4. The van der Waals surface area contributed by atoms with Gasteiger partial charge in [0.25, 0.3) is 0 Å². The average Bonchev–Trinajstić information content (AvgIpc) is 2.96. The van der Waals surface area contributed by atoms with E-state index in [1.165, 1.54) is 27.7 Å². The predicted octanol–water partition coefficient (Wildman–Crippen LogP) is 4.70. The van der Waals surface area contributed by atoms with Crippen LogP contribution in [0.15, 0.2) is 72.9 Å². The van der Waals surface area contributed by atoms with Crippen molar-refractivity contribution in [3.05, 3.63) is 72.9 Å². The Kier molecular flexibility index (Phi) is 19.2. The van der Waals surface area contributed by atoms with E-state index in [9.17, 15) is 28.8 Å². The first-order chi connectivity index (χ1) is 21.0. The minimum Gasteiger partial charge on any atom is -0.462 e. The highest BCUT2D eigenvalue weighted by Crippen LogP contribution is 2.23. The number of carbonyl (C=O) groups is 6. The molecule has 0 aromatic carbocycles. The van der Waals surface area contributed by atoms with E-state index in [4.69, 9.17) is 28.4 Å². The van der Waals surface area contributed by atoms with Gasteiger partial charge in [-0.05, 0) is 41.5 Å². The van der Waals surface area contributed by atoms with E-state index in [0.717, 1.165) is 0 Å². The van der Waals surface area contributed by atoms with Gasteiger partial charge in [-0.1, -0.05) is 53.3 Å². The predicted molar refractivity (Wildman–Crippen MR) is 171 cm³/mol. The average molecular weight is 649 g/mol. The molecule has 0 radical (unpaired) electrons. The van der Waals surface area contributed by atoms with Crippen LogP contribution in [0.1, 0.15) is 55.4 Å². The van der Waals surface area contributed by atoms with Crippen LogP contribution in [0.3, 0.4) is 0 Å². The van der Waals surface area contributed by atoms with Gasteiger partial charge in [0.2, 0.25) is 0 Å². The van der Waals surface area contributed by atoms with Crippen molar-refractivity contribution >= 4 is 35.8 Å². The van der Waals surface area contributed by atoms with Gasteiger partial charge in [-0.3, -0.25) is 0 Å². The number of hydrogen-bond acceptors (Lipinski definition) is 12. The van der Waals surface area contributed by atoms with Crippen LogP contribution in [0.5, 0.6) is 0 Å². The quantitative estimate of drug-likeness (QED) is 0.115. The number of rotatable bonds is 18. The molecule has 0 aliphatic rings. The molecule has 0 saturated carbocycles. The standard InChI is InChI=1S/C21H28O8.C13H20O4/c1-13(2)17(22)26-9-21(10-27-18(23)14(3)4,11-28-19(24)15(5)6)12-29-20(25)16(7)8;1-9(2)11(14)16-7-13(5,6)8-17-12(15)10(3)4/h1,3,5,7,9-12H2,2,4,6,8H3;1,3,7-8H2,2,4-6H3. The molecule has 0 atom stereocenters. The first-order valence-electron chi connectivity index (χ1n) is 13.9. The van der Waals surface area contributed by atoms with Gasteiger partial charge in [-0.15, -0.1) is 0 Å². The fourth-order valence-corrected chi connectivity index (χ4v) is 2.43. The number of hydrogen-bond donors (Lipinski definition) is 0. The highest BCUT2D eigenvalue weighted by atomic mass is 16.6. The molecule has 46 heavy (non-hydrogen) atoms. The Morgan fingerprint density at radius 2 is 0.522 bits per heavy atom. The fraction of sp³-hybridized carbons (Fsp3) is 0.471. The number of esters is 6. The maximum atomic E-state index is 11.8. The second-order valence-electron chi connectivity index (χ2n) is 11.8. The molecule has 12 nitrogen and oxygen atoms in total. The van der Waals surface area contributed by atoms with Crippen LogP contribution < -0.4 is 0 Å². The molecule has 0 rings (SSSR count). The number of carbonyl (C=O) groups excluding carboxylic acids is 6. The van der Waals surface area contributed by atoms with Crippen molar-refractivity contribution in [3.63, 3.8) is 0 Å². The Bertz CT molecular complexity index is 1090. The van der Waals surface area contributed by atoms with E-state index in [0.29, 0.717) is 11.1 Å². The van der Waals surface area contributed by atoms with Crippen LogP contribution >= 0.6 is 0 Å². The van der Waals surface area contributed by atoms with E-state index in [-0.39, 0.29) is 61.9 Å². The third-order valence-corrected chi connectivity index (χ3v) is 5.32. The topological polar surface area (TPSA) is 158 Å². The minimum atomic E-state index is -1.37. The summed E-state index contributed by atoms with van der Waals surface area (Å²) in [5.74, 6) is -3.72. The summed E-state index contributed by atoms with van der Waals surface area (Å²) in [6.45, 7) is 32.4. The third-order valence-electron chi connectivity index (χ3n) is 5.32. The molecule has 0 N–H and O–H groups in total. The third kappa shape index (κ3) is 18.8. The van der Waals surface area contributed by atoms with Gasteiger partial charge in [-0.25, -0.2) is 28.8 Å². The first-order valence-corrected chi connectivity index (χ1v) is 13.9. The monoisotopic (exact) mass is 648 g/mol. The highest BCUT2D eigenvalue weighted by Gasteiger charge is 2.38. The van der Waals surface area contributed by atoms with Gasteiger partial charge >= 0.3 is 35.8 Å². The van der Waals surface area contributed by atoms with Crippen LogP contribution in [0.25, 0.3) is 0 Å². The van der Waals surface area contributed by atoms with Gasteiger partial charge in [0, 0.05) is 38.9 Å². The largest absolute Gasteiger partial charge is 0.462 e. The van der Waals surface area contributed by atoms with Crippen LogP contribution in [-0.4, -0.2) is 75.5 Å². The minimum absolute atomic E-state index is 0.135. The lowest BCUT2D eigenvalue weighted by atomic mass is 9.92. The summed E-state index contributed by atoms with van der Waals surface area (Å²) in [5.41, 5.74) is -0.569. The second-order valence-corrected chi connectivity index (χ2v) is 11.8. The van der Waals surface area contributed by atoms with E-state index < -0.39 is 46.6 Å². The molecule has 0 fully saturated rings. The summed E-state index contributed by atoms with van der Waals surface area (Å²) in [6, 6.07) is 0. The summed E-state index contributed by atoms with van der Waals surface area (Å²) in [7, 11) is 0. The Labute approximate surface area is 271 Å². The fourth-order valence-electron chi connectivity index (χ4n) is 2.43.